The zero-order valence-electron chi connectivity index (χ0n) is 7.73. The highest BCUT2D eigenvalue weighted by molar-refractivity contribution is 5.62. The zero-order valence-corrected chi connectivity index (χ0v) is 7.73. The van der Waals surface area contributed by atoms with Crippen molar-refractivity contribution in [2.24, 2.45) is 0 Å². The van der Waals surface area contributed by atoms with Crippen LogP contribution in [0.4, 0.5) is 4.79 Å². The lowest BCUT2D eigenvalue weighted by Gasteiger charge is -2.06. The molecule has 1 aliphatic rings. The van der Waals surface area contributed by atoms with Gasteiger partial charge in [-0.05, 0) is 17.7 Å². The predicted octanol–water partition coefficient (Wildman–Crippen LogP) is 1.90. The summed E-state index contributed by atoms with van der Waals surface area (Å²) in [4.78, 5) is 10.7. The van der Waals surface area contributed by atoms with E-state index < -0.39 is 6.16 Å². The molecule has 1 aromatic carbocycles. The Morgan fingerprint density at radius 1 is 1.36 bits per heavy atom. The van der Waals surface area contributed by atoms with E-state index in [-0.39, 0.29) is 12.7 Å². The van der Waals surface area contributed by atoms with E-state index in [1.54, 1.807) is 7.11 Å². The van der Waals surface area contributed by atoms with Crippen LogP contribution in [0.1, 0.15) is 11.7 Å². The number of hydrogen-bond donors (Lipinski definition) is 0. The highest BCUT2D eigenvalue weighted by atomic mass is 16.8. The van der Waals surface area contributed by atoms with Gasteiger partial charge in [-0.3, -0.25) is 0 Å². The van der Waals surface area contributed by atoms with Crippen molar-refractivity contribution in [3.05, 3.63) is 29.8 Å². The van der Waals surface area contributed by atoms with Crippen LogP contribution in [0.2, 0.25) is 0 Å². The molecule has 4 heteroatoms. The van der Waals surface area contributed by atoms with Gasteiger partial charge in [0.2, 0.25) is 0 Å². The minimum Gasteiger partial charge on any atom is -0.497 e. The van der Waals surface area contributed by atoms with Gasteiger partial charge in [0, 0.05) is 0 Å². The number of hydrogen-bond acceptors (Lipinski definition) is 4. The molecule has 2 rings (SSSR count). The van der Waals surface area contributed by atoms with Crippen molar-refractivity contribution in [2.75, 3.05) is 13.7 Å². The normalized spacial score (nSPS) is 20.1. The van der Waals surface area contributed by atoms with Crippen molar-refractivity contribution in [1.82, 2.24) is 0 Å². The highest BCUT2D eigenvalue weighted by Crippen LogP contribution is 2.25. The average molecular weight is 194 g/mol. The molecule has 0 N–H and O–H groups in total. The third-order valence-electron chi connectivity index (χ3n) is 2.08. The van der Waals surface area contributed by atoms with Gasteiger partial charge < -0.3 is 14.2 Å². The number of cyclic esters (lactones) is 2. The molecule has 0 unspecified atom stereocenters. The SMILES string of the molecule is COc1ccc([C@@H]2COC(=O)O2)cc1. The molecule has 1 heterocycles. The summed E-state index contributed by atoms with van der Waals surface area (Å²) < 4.78 is 14.6. The first-order valence-corrected chi connectivity index (χ1v) is 4.27. The molecule has 0 aromatic heterocycles. The molecule has 0 saturated carbocycles. The first-order valence-electron chi connectivity index (χ1n) is 4.27. The predicted molar refractivity (Wildman–Crippen MR) is 48.2 cm³/mol. The van der Waals surface area contributed by atoms with E-state index in [2.05, 4.69) is 4.74 Å². The second-order valence-corrected chi connectivity index (χ2v) is 2.94. The molecule has 1 atom stereocenters. The fourth-order valence-electron chi connectivity index (χ4n) is 1.31. The quantitative estimate of drug-likeness (QED) is 0.674. The van der Waals surface area contributed by atoms with Crippen LogP contribution < -0.4 is 4.74 Å². The molecule has 1 aliphatic heterocycles. The van der Waals surface area contributed by atoms with Gasteiger partial charge in [-0.25, -0.2) is 4.79 Å². The van der Waals surface area contributed by atoms with Gasteiger partial charge >= 0.3 is 6.16 Å². The lowest BCUT2D eigenvalue weighted by molar-refractivity contribution is 0.118. The van der Waals surface area contributed by atoms with E-state index in [1.165, 1.54) is 0 Å². The van der Waals surface area contributed by atoms with Crippen molar-refractivity contribution in [3.8, 4) is 5.75 Å². The first kappa shape index (κ1) is 8.87. The van der Waals surface area contributed by atoms with Gasteiger partial charge in [0.1, 0.15) is 12.4 Å². The van der Waals surface area contributed by atoms with Crippen LogP contribution in [-0.2, 0) is 9.47 Å². The van der Waals surface area contributed by atoms with E-state index in [0.717, 1.165) is 11.3 Å². The third kappa shape index (κ3) is 1.64. The monoisotopic (exact) mass is 194 g/mol. The second kappa shape index (κ2) is 3.57. The maximum atomic E-state index is 10.7. The van der Waals surface area contributed by atoms with Crippen LogP contribution in [0.3, 0.4) is 0 Å². The summed E-state index contributed by atoms with van der Waals surface area (Å²) in [6, 6.07) is 7.35. The number of rotatable bonds is 2. The average Bonchev–Trinajstić information content (AvgIpc) is 2.65. The van der Waals surface area contributed by atoms with Crippen molar-refractivity contribution in [2.45, 2.75) is 6.10 Å². The summed E-state index contributed by atoms with van der Waals surface area (Å²) >= 11 is 0. The number of methoxy groups -OCH3 is 1. The van der Waals surface area contributed by atoms with E-state index in [9.17, 15) is 4.79 Å². The van der Waals surface area contributed by atoms with Gasteiger partial charge in [-0.2, -0.15) is 0 Å². The van der Waals surface area contributed by atoms with E-state index in [1.807, 2.05) is 24.3 Å². The number of ether oxygens (including phenoxy) is 3. The van der Waals surface area contributed by atoms with Crippen molar-refractivity contribution < 1.29 is 19.0 Å². The Bertz CT molecular complexity index is 330. The van der Waals surface area contributed by atoms with Crippen molar-refractivity contribution in [1.29, 1.82) is 0 Å². The topological polar surface area (TPSA) is 44.8 Å². The summed E-state index contributed by atoms with van der Waals surface area (Å²) in [5.41, 5.74) is 0.914. The van der Waals surface area contributed by atoms with Crippen LogP contribution in [0.15, 0.2) is 24.3 Å². The first-order chi connectivity index (χ1) is 6.79. The molecule has 4 nitrogen and oxygen atoms in total. The maximum absolute atomic E-state index is 10.7. The largest absolute Gasteiger partial charge is 0.509 e. The Hall–Kier alpha value is -1.71. The maximum Gasteiger partial charge on any atom is 0.509 e. The third-order valence-corrected chi connectivity index (χ3v) is 2.08. The molecule has 0 radical (unpaired) electrons. The summed E-state index contributed by atoms with van der Waals surface area (Å²) in [5.74, 6) is 0.777. The zero-order chi connectivity index (χ0) is 9.97. The molecular formula is C10H10O4. The van der Waals surface area contributed by atoms with Crippen molar-refractivity contribution >= 4 is 6.16 Å². The molecule has 14 heavy (non-hydrogen) atoms. The number of benzene rings is 1. The molecule has 0 bridgehead atoms. The molecule has 1 aromatic rings. The fourth-order valence-corrected chi connectivity index (χ4v) is 1.31. The van der Waals surface area contributed by atoms with Crippen LogP contribution >= 0.6 is 0 Å². The molecule has 74 valence electrons. The summed E-state index contributed by atoms with van der Waals surface area (Å²) in [7, 11) is 1.60. The van der Waals surface area contributed by atoms with Crippen LogP contribution in [0.25, 0.3) is 0 Å². The molecular weight excluding hydrogens is 184 g/mol. The molecule has 0 aliphatic carbocycles. The Morgan fingerprint density at radius 3 is 2.57 bits per heavy atom. The van der Waals surface area contributed by atoms with Crippen LogP contribution in [0, 0.1) is 0 Å². The van der Waals surface area contributed by atoms with Gasteiger partial charge in [-0.15, -0.1) is 0 Å². The Labute approximate surface area is 81.4 Å². The minimum atomic E-state index is -0.606. The number of carbonyl (C=O) groups excluding carboxylic acids is 1. The lowest BCUT2D eigenvalue weighted by atomic mass is 10.1. The van der Waals surface area contributed by atoms with E-state index in [0.29, 0.717) is 0 Å². The van der Waals surface area contributed by atoms with Gasteiger partial charge in [0.05, 0.1) is 7.11 Å². The molecule has 0 amide bonds. The molecule has 0 spiro atoms. The van der Waals surface area contributed by atoms with Gasteiger partial charge in [0.15, 0.2) is 6.10 Å². The smallest absolute Gasteiger partial charge is 0.497 e. The minimum absolute atomic E-state index is 0.283. The highest BCUT2D eigenvalue weighted by Gasteiger charge is 2.26. The van der Waals surface area contributed by atoms with Crippen molar-refractivity contribution in [3.63, 3.8) is 0 Å². The van der Waals surface area contributed by atoms with Crippen LogP contribution in [0.5, 0.6) is 5.75 Å². The Morgan fingerprint density at radius 2 is 2.07 bits per heavy atom. The van der Waals surface area contributed by atoms with Crippen LogP contribution in [-0.4, -0.2) is 19.9 Å². The standard InChI is InChI=1S/C10H10O4/c1-12-8-4-2-7(3-5-8)9-6-13-10(11)14-9/h2-5,9H,6H2,1H3/t9-/m0/s1. The Kier molecular flexibility index (Phi) is 2.26. The number of carbonyl (C=O) groups is 1. The lowest BCUT2D eigenvalue weighted by Crippen LogP contribution is -1.99. The Balaban J connectivity index is 2.13. The van der Waals surface area contributed by atoms with Gasteiger partial charge in [0.25, 0.3) is 0 Å². The molecule has 1 fully saturated rings. The summed E-state index contributed by atoms with van der Waals surface area (Å²) in [6.07, 6.45) is -0.890. The summed E-state index contributed by atoms with van der Waals surface area (Å²) in [6.45, 7) is 0.283. The van der Waals surface area contributed by atoms with E-state index >= 15 is 0 Å². The second-order valence-electron chi connectivity index (χ2n) is 2.94. The van der Waals surface area contributed by atoms with E-state index in [4.69, 9.17) is 9.47 Å². The van der Waals surface area contributed by atoms with Gasteiger partial charge in [-0.1, -0.05) is 12.1 Å². The summed E-state index contributed by atoms with van der Waals surface area (Å²) in [5, 5.41) is 0. The fraction of sp³-hybridized carbons (Fsp3) is 0.300. The molecule has 1 saturated heterocycles.